The number of aliphatic hydroxyl groups is 3. The number of nitrogens with zero attached hydrogens (tertiary/aromatic N) is 7. The maximum atomic E-state index is 13.8. The number of aromatic nitrogens is 4. The number of thiazole rings is 1. The number of fused-ring (bicyclic) bond motifs is 2. The van der Waals surface area contributed by atoms with E-state index in [1.54, 1.807) is 24.4 Å². The van der Waals surface area contributed by atoms with Crippen molar-refractivity contribution in [3.05, 3.63) is 131 Å². The van der Waals surface area contributed by atoms with Gasteiger partial charge in [0.1, 0.15) is 42.3 Å². The molecule has 8 N–H and O–H groups in total. The van der Waals surface area contributed by atoms with Crippen molar-refractivity contribution < 1.29 is 92.7 Å². The summed E-state index contributed by atoms with van der Waals surface area (Å²) in [5.41, 5.74) is 4.46. The molecule has 6 heterocycles. The van der Waals surface area contributed by atoms with Crippen molar-refractivity contribution in [2.24, 2.45) is 16.7 Å². The highest BCUT2D eigenvalue weighted by Crippen LogP contribution is 2.68. The number of unbranched alkanes of at least 4 members (excludes halogenated alkanes) is 2. The topological polar surface area (TPSA) is 389 Å². The maximum absolute atomic E-state index is 13.8. The first-order chi connectivity index (χ1) is 49.3. The van der Waals surface area contributed by atoms with Gasteiger partial charge in [0.2, 0.25) is 12.2 Å². The fraction of sp³-hybridized carbons (Fsp3) is 0.459. The number of nitrogens with one attached hydrogen (secondary N) is 2. The van der Waals surface area contributed by atoms with E-state index in [1.807, 2.05) is 59.0 Å². The van der Waals surface area contributed by atoms with Crippen LogP contribution in [-0.4, -0.2) is 189 Å². The number of aliphatic hydroxyl groups excluding tert-OH is 3. The Balaban J connectivity index is 0.663. The number of carbonyl (C=O) groups is 9. The predicted molar refractivity (Wildman–Crippen MR) is 374 cm³/mol. The lowest BCUT2D eigenvalue weighted by atomic mass is 9.43. The number of aliphatic carboxylic acids is 2. The Morgan fingerprint density at radius 3 is 2.37 bits per heavy atom. The van der Waals surface area contributed by atoms with Gasteiger partial charge in [-0.3, -0.25) is 43.7 Å². The summed E-state index contributed by atoms with van der Waals surface area (Å²) in [6, 6.07) is 21.3. The van der Waals surface area contributed by atoms with Gasteiger partial charge in [-0.1, -0.05) is 61.1 Å². The summed E-state index contributed by atoms with van der Waals surface area (Å²) in [7, 11) is 0. The quantitative estimate of drug-likeness (QED) is 0.0150. The monoisotopic (exact) mass is 1430 g/mol. The number of aromatic carboxylic acids is 1. The van der Waals surface area contributed by atoms with Crippen LogP contribution in [0.2, 0.25) is 0 Å². The summed E-state index contributed by atoms with van der Waals surface area (Å²) in [4.78, 5) is 128. The number of pyridine rings is 1. The number of imide groups is 1. The van der Waals surface area contributed by atoms with Crippen LogP contribution in [0, 0.1) is 23.7 Å². The minimum Gasteiger partial charge on any atom is -0.481 e. The Kier molecular flexibility index (Phi) is 22.0. The van der Waals surface area contributed by atoms with Gasteiger partial charge in [0.25, 0.3) is 17.7 Å². The molecule has 0 radical (unpaired) electrons. The second kappa shape index (κ2) is 31.0. The van der Waals surface area contributed by atoms with E-state index < -0.39 is 66.2 Å². The van der Waals surface area contributed by atoms with Crippen LogP contribution in [0.4, 0.5) is 21.4 Å². The smallest absolute Gasteiger partial charge is 0.410 e. The highest BCUT2D eigenvalue weighted by Gasteiger charge is 2.63. The lowest BCUT2D eigenvalue weighted by Gasteiger charge is -2.65. The van der Waals surface area contributed by atoms with Crippen LogP contribution in [0.5, 0.6) is 5.75 Å². The molecule has 28 nitrogen and oxygen atoms in total. The molecule has 3 aromatic heterocycles. The number of ether oxygens (including phenoxy) is 4. The lowest BCUT2D eigenvalue weighted by molar-refractivity contribution is -0.271. The molecule has 3 aromatic carbocycles. The van der Waals surface area contributed by atoms with Crippen molar-refractivity contribution in [2.75, 3.05) is 54.9 Å². The number of carboxylic acid groups (broad SMARTS) is 3. The zero-order valence-corrected chi connectivity index (χ0v) is 57.9. The van der Waals surface area contributed by atoms with Gasteiger partial charge < -0.3 is 64.7 Å². The van der Waals surface area contributed by atoms with Crippen LogP contribution in [-0.2, 0) is 62.5 Å². The zero-order chi connectivity index (χ0) is 72.9. The molecule has 4 unspecified atom stereocenters. The third kappa shape index (κ3) is 16.8. The van der Waals surface area contributed by atoms with Gasteiger partial charge in [-0.2, -0.15) is 5.10 Å². The van der Waals surface area contributed by atoms with Gasteiger partial charge in [-0.05, 0) is 153 Å². The molecule has 103 heavy (non-hydrogen) atoms. The molecule has 544 valence electrons. The molecule has 4 saturated carbocycles. The van der Waals surface area contributed by atoms with Crippen molar-refractivity contribution in [2.45, 2.75) is 160 Å². The van der Waals surface area contributed by atoms with Crippen LogP contribution in [0.3, 0.4) is 0 Å². The number of para-hydroxylation sites is 1. The molecule has 1 saturated heterocycles. The van der Waals surface area contributed by atoms with Gasteiger partial charge in [0.05, 0.1) is 40.7 Å². The zero-order valence-electron chi connectivity index (χ0n) is 57.1. The second-order valence-electron chi connectivity index (χ2n) is 28.2. The summed E-state index contributed by atoms with van der Waals surface area (Å²) < 4.78 is 26.7. The number of Topliss-reactive ketones (excluding diaryl/α,β-unsaturated/α-hetero) is 1. The maximum Gasteiger partial charge on any atom is 0.410 e. The van der Waals surface area contributed by atoms with E-state index >= 15 is 0 Å². The van der Waals surface area contributed by atoms with E-state index in [0.717, 1.165) is 64.0 Å². The fourth-order valence-electron chi connectivity index (χ4n) is 16.3. The predicted octanol–water partition coefficient (Wildman–Crippen LogP) is 8.18. The molecule has 0 spiro atoms. The molecule has 29 heteroatoms. The van der Waals surface area contributed by atoms with Crippen LogP contribution < -0.4 is 20.3 Å². The number of ketones is 1. The molecule has 9 atom stereocenters. The van der Waals surface area contributed by atoms with Gasteiger partial charge in [-0.15, -0.1) is 0 Å². The van der Waals surface area contributed by atoms with Gasteiger partial charge in [0, 0.05) is 93.1 Å². The minimum absolute atomic E-state index is 0.00363. The number of rotatable bonds is 31. The summed E-state index contributed by atoms with van der Waals surface area (Å²) in [6.07, 6.45) is 4.15. The molecule has 3 aliphatic heterocycles. The van der Waals surface area contributed by atoms with Gasteiger partial charge in [-0.25, -0.2) is 24.4 Å². The van der Waals surface area contributed by atoms with Crippen molar-refractivity contribution in [3.63, 3.8) is 0 Å². The average Bonchev–Trinajstić information content (AvgIpc) is 1.68. The highest BCUT2D eigenvalue weighted by molar-refractivity contribution is 7.22. The second-order valence-corrected chi connectivity index (χ2v) is 29.2. The number of hydrogen-bond donors (Lipinski definition) is 8. The number of carboxylic acids is 3. The van der Waals surface area contributed by atoms with E-state index in [1.165, 1.54) is 52.7 Å². The standard InChI is InChI=1S/C74H83N9O19S/c1-43-50(48-20-22-56(78-61(48)67(94)95)81-28-25-46-12-8-15-49(51(46)38-81)66(93)79-70-77-52-16-5-6-17-55(52)103-70)37-75-83(43)42-73-35-45-34-72(2,39-73)40-74(36-45,41-73)100-32-30-80(29-26-60(88)89)71(98)99-31-10-11-44-19-21-54(101-69-64(92)62(90)63(91)65(102-69)68(96)97)53(33-44)76-57(85)18-9-14-47(84)13-4-3-7-27-82-58(86)23-24-59(82)87/h5-6,8,10-12,15-17,19-24,33,37,45,62-65,69,90-92H,3-4,7,9,13-14,18,25-32,34-36,38-42H2,1-2H3,(H,76,85)(H,88,89)(H,94,95)(H,96,97)(H,77,79,93)/b11-10+/t45?,62-,63-,64+,65-,69+,72?,73?,74?/m0/s1. The van der Waals surface area contributed by atoms with Gasteiger partial charge in [0.15, 0.2) is 16.9 Å². The van der Waals surface area contributed by atoms with Gasteiger partial charge >= 0.3 is 24.0 Å². The molecule has 7 aliphatic rings. The number of anilines is 3. The normalized spacial score (nSPS) is 24.0. The summed E-state index contributed by atoms with van der Waals surface area (Å²) in [5.74, 6) is -4.94. The van der Waals surface area contributed by atoms with Crippen molar-refractivity contribution >= 4 is 97.7 Å². The number of benzene rings is 3. The molecule has 4 bridgehead atoms. The number of carbonyl (C=O) groups excluding carboxylic acids is 6. The molecule has 5 amide bonds. The first-order valence-electron chi connectivity index (χ1n) is 34.7. The van der Waals surface area contributed by atoms with Crippen molar-refractivity contribution in [1.29, 1.82) is 0 Å². The third-order valence-corrected chi connectivity index (χ3v) is 21.3. The Bertz CT molecular complexity index is 4290. The summed E-state index contributed by atoms with van der Waals surface area (Å²) in [5, 5.41) is 72.7. The summed E-state index contributed by atoms with van der Waals surface area (Å²) >= 11 is 1.40. The largest absolute Gasteiger partial charge is 0.481 e. The van der Waals surface area contributed by atoms with Crippen LogP contribution >= 0.6 is 11.3 Å². The Labute approximate surface area is 596 Å². The summed E-state index contributed by atoms with van der Waals surface area (Å²) in [6.45, 7) is 5.59. The number of amides is 5. The van der Waals surface area contributed by atoms with E-state index in [4.69, 9.17) is 29.0 Å². The van der Waals surface area contributed by atoms with Crippen LogP contribution in [0.25, 0.3) is 27.4 Å². The molecule has 4 aliphatic carbocycles. The van der Waals surface area contributed by atoms with E-state index in [9.17, 15) is 73.8 Å². The Hall–Kier alpha value is -9.78. The van der Waals surface area contributed by atoms with E-state index in [-0.39, 0.29) is 116 Å². The molecule has 5 fully saturated rings. The van der Waals surface area contributed by atoms with Crippen LogP contribution in [0.1, 0.15) is 140 Å². The highest BCUT2D eigenvalue weighted by atomic mass is 32.1. The first-order valence-corrected chi connectivity index (χ1v) is 35.5. The number of hydrogen-bond acceptors (Lipinski definition) is 21. The lowest BCUT2D eigenvalue weighted by Crippen LogP contribution is -2.61. The van der Waals surface area contributed by atoms with E-state index in [2.05, 4.69) is 22.5 Å². The molecular formula is C74H83N9O19S. The van der Waals surface area contributed by atoms with Crippen molar-refractivity contribution in [1.82, 2.24) is 29.5 Å². The minimum atomic E-state index is -2.00. The third-order valence-electron chi connectivity index (χ3n) is 20.4. The SMILES string of the molecule is Cc1c(-c2ccc(N3CCc4cccc(C(=O)Nc5nc6ccccc6s5)c4C3)nc2C(=O)O)cnn1CC12CC3CC(C)(C1)CC(OCCN(CCC(=O)O)C(=O)OC/C=C/c1ccc(O[C@@H]4O[C@H](C(=O)O)[C@@H](O)[C@H](O)[C@H]4O)c(NC(=O)CCCC(=O)CCCCCN4C(=O)C=CC4=O)c1)(C3)C2. The molecule has 13 rings (SSSR count). The van der Waals surface area contributed by atoms with Crippen molar-refractivity contribution in [3.8, 4) is 16.9 Å². The molecule has 6 aromatic rings. The first kappa shape index (κ1) is 73.0. The average molecular weight is 1430 g/mol. The van der Waals surface area contributed by atoms with E-state index in [0.29, 0.717) is 90.9 Å². The molecular weight excluding hydrogens is 1350 g/mol. The fourth-order valence-corrected chi connectivity index (χ4v) is 17.1. The Morgan fingerprint density at radius 1 is 0.806 bits per heavy atom. The van der Waals surface area contributed by atoms with Crippen LogP contribution in [0.15, 0.2) is 97.2 Å². The Morgan fingerprint density at radius 2 is 1.60 bits per heavy atom.